The van der Waals surface area contributed by atoms with Crippen LogP contribution in [0.4, 0.5) is 10.1 Å². The molecule has 0 spiro atoms. The first kappa shape index (κ1) is 16.6. The van der Waals surface area contributed by atoms with E-state index < -0.39 is 5.82 Å². The van der Waals surface area contributed by atoms with E-state index in [1.807, 2.05) is 43.3 Å². The van der Waals surface area contributed by atoms with Gasteiger partial charge in [0, 0.05) is 0 Å². The highest BCUT2D eigenvalue weighted by molar-refractivity contribution is 8.27. The van der Waals surface area contributed by atoms with E-state index in [0.29, 0.717) is 9.23 Å². The molecule has 0 radical (unpaired) electrons. The minimum absolute atomic E-state index is 0.188. The summed E-state index contributed by atoms with van der Waals surface area (Å²) in [6, 6.07) is 16.0. The molecule has 1 aliphatic heterocycles. The third kappa shape index (κ3) is 3.47. The van der Waals surface area contributed by atoms with Gasteiger partial charge in [-0.3, -0.25) is 9.69 Å². The number of benzene rings is 2. The van der Waals surface area contributed by atoms with E-state index in [2.05, 4.69) is 0 Å². The van der Waals surface area contributed by atoms with Crippen LogP contribution in [0.5, 0.6) is 0 Å². The zero-order valence-electron chi connectivity index (χ0n) is 12.9. The van der Waals surface area contributed by atoms with Crippen LogP contribution >= 0.6 is 24.0 Å². The first-order chi connectivity index (χ1) is 11.6. The molecule has 0 N–H and O–H groups in total. The van der Waals surface area contributed by atoms with Gasteiger partial charge < -0.3 is 0 Å². The number of hydrogen-bond acceptors (Lipinski definition) is 3. The Morgan fingerprint density at radius 1 is 1.12 bits per heavy atom. The Bertz CT molecular complexity index is 859. The summed E-state index contributed by atoms with van der Waals surface area (Å²) < 4.78 is 14.3. The van der Waals surface area contributed by atoms with Gasteiger partial charge in [0.15, 0.2) is 4.32 Å². The summed E-state index contributed by atoms with van der Waals surface area (Å²) in [5.74, 6) is -0.762. The molecule has 2 aromatic carbocycles. The maximum atomic E-state index is 14.0. The Kier molecular flexibility index (Phi) is 4.92. The van der Waals surface area contributed by atoms with E-state index in [1.54, 1.807) is 24.3 Å². The van der Waals surface area contributed by atoms with Crippen LogP contribution in [0.3, 0.4) is 0 Å². The van der Waals surface area contributed by atoms with E-state index in [4.69, 9.17) is 12.2 Å². The predicted molar refractivity (Wildman–Crippen MR) is 102 cm³/mol. The number of thioether (sulfide) groups is 1. The van der Waals surface area contributed by atoms with Crippen molar-refractivity contribution < 1.29 is 9.18 Å². The first-order valence-electron chi connectivity index (χ1n) is 7.32. The lowest BCUT2D eigenvalue weighted by molar-refractivity contribution is -0.113. The third-order valence-corrected chi connectivity index (χ3v) is 4.74. The fraction of sp³-hybridized carbons (Fsp3) is 0.0526. The Labute approximate surface area is 149 Å². The molecule has 2 nitrogen and oxygen atoms in total. The molecule has 1 aliphatic rings. The number of thiocarbonyl (C=S) groups is 1. The highest BCUT2D eigenvalue weighted by Crippen LogP contribution is 2.36. The molecule has 1 amide bonds. The molecule has 0 atom stereocenters. The summed E-state index contributed by atoms with van der Waals surface area (Å²) in [5, 5.41) is 0. The van der Waals surface area contributed by atoms with E-state index in [1.165, 1.54) is 22.7 Å². The molecule has 3 rings (SSSR count). The minimum atomic E-state index is -0.466. The molecular formula is C19H14FNOS2. The summed E-state index contributed by atoms with van der Waals surface area (Å²) in [4.78, 5) is 14.4. The summed E-state index contributed by atoms with van der Waals surface area (Å²) in [6.07, 6.45) is 3.77. The monoisotopic (exact) mass is 355 g/mol. The van der Waals surface area contributed by atoms with Crippen molar-refractivity contribution in [1.29, 1.82) is 0 Å². The highest BCUT2D eigenvalue weighted by atomic mass is 32.2. The van der Waals surface area contributed by atoms with Gasteiger partial charge in [0.1, 0.15) is 5.82 Å². The minimum Gasteiger partial charge on any atom is -0.268 e. The van der Waals surface area contributed by atoms with Crippen LogP contribution in [0.1, 0.15) is 12.5 Å². The summed E-state index contributed by atoms with van der Waals surface area (Å²) in [5.41, 5.74) is 2.17. The molecule has 0 unspecified atom stereocenters. The molecule has 0 aliphatic carbocycles. The molecule has 1 saturated heterocycles. The molecule has 5 heteroatoms. The van der Waals surface area contributed by atoms with Crippen molar-refractivity contribution in [3.8, 4) is 0 Å². The van der Waals surface area contributed by atoms with Gasteiger partial charge in [-0.05, 0) is 36.3 Å². The number of carbonyl (C=O) groups excluding carboxylic acids is 1. The number of anilines is 1. The van der Waals surface area contributed by atoms with Crippen molar-refractivity contribution in [3.05, 3.63) is 82.5 Å². The van der Waals surface area contributed by atoms with Crippen LogP contribution in [-0.4, -0.2) is 10.2 Å². The van der Waals surface area contributed by atoms with E-state index in [0.717, 1.165) is 11.1 Å². The van der Waals surface area contributed by atoms with Gasteiger partial charge in [-0.2, -0.15) is 0 Å². The molecule has 0 saturated carbocycles. The van der Waals surface area contributed by atoms with Crippen molar-refractivity contribution >= 4 is 46.0 Å². The number of hydrogen-bond donors (Lipinski definition) is 0. The largest absolute Gasteiger partial charge is 0.270 e. The van der Waals surface area contributed by atoms with Crippen LogP contribution in [-0.2, 0) is 4.79 Å². The maximum absolute atomic E-state index is 14.0. The Balaban J connectivity index is 1.89. The van der Waals surface area contributed by atoms with Crippen molar-refractivity contribution in [2.75, 3.05) is 4.90 Å². The Morgan fingerprint density at radius 3 is 2.50 bits per heavy atom. The van der Waals surface area contributed by atoms with Crippen LogP contribution < -0.4 is 4.90 Å². The molecule has 0 aromatic heterocycles. The second-order valence-corrected chi connectivity index (χ2v) is 6.94. The van der Waals surface area contributed by atoms with Crippen LogP contribution in [0.25, 0.3) is 6.08 Å². The highest BCUT2D eigenvalue weighted by Gasteiger charge is 2.34. The van der Waals surface area contributed by atoms with E-state index in [-0.39, 0.29) is 11.6 Å². The lowest BCUT2D eigenvalue weighted by Gasteiger charge is -2.14. The van der Waals surface area contributed by atoms with Crippen LogP contribution in [0, 0.1) is 5.82 Å². The summed E-state index contributed by atoms with van der Waals surface area (Å²) in [6.45, 7) is 1.92. The Hall–Kier alpha value is -2.24. The number of amides is 1. The number of para-hydroxylation sites is 1. The molecule has 2 aromatic rings. The summed E-state index contributed by atoms with van der Waals surface area (Å²) in [7, 11) is 0. The quantitative estimate of drug-likeness (QED) is 0.559. The van der Waals surface area contributed by atoms with E-state index in [9.17, 15) is 9.18 Å². The van der Waals surface area contributed by atoms with Crippen molar-refractivity contribution in [3.63, 3.8) is 0 Å². The molecule has 24 heavy (non-hydrogen) atoms. The topological polar surface area (TPSA) is 20.3 Å². The van der Waals surface area contributed by atoms with Gasteiger partial charge in [-0.15, -0.1) is 0 Å². The number of nitrogens with zero attached hydrogens (tertiary/aromatic N) is 1. The fourth-order valence-electron chi connectivity index (χ4n) is 2.37. The normalized spacial score (nSPS) is 17.0. The second-order valence-electron chi connectivity index (χ2n) is 5.27. The van der Waals surface area contributed by atoms with E-state index >= 15 is 0 Å². The first-order valence-corrected chi connectivity index (χ1v) is 8.54. The van der Waals surface area contributed by atoms with Gasteiger partial charge in [0.05, 0.1) is 10.6 Å². The maximum Gasteiger partial charge on any atom is 0.270 e. The number of carbonyl (C=O) groups is 1. The van der Waals surface area contributed by atoms with Crippen LogP contribution in [0.2, 0.25) is 0 Å². The number of rotatable bonds is 3. The molecule has 1 heterocycles. The lowest BCUT2D eigenvalue weighted by Crippen LogP contribution is -2.28. The van der Waals surface area contributed by atoms with Crippen molar-refractivity contribution in [1.82, 2.24) is 0 Å². The van der Waals surface area contributed by atoms with Gasteiger partial charge in [0.2, 0.25) is 0 Å². The van der Waals surface area contributed by atoms with Gasteiger partial charge in [0.25, 0.3) is 5.91 Å². The second kappa shape index (κ2) is 7.11. The van der Waals surface area contributed by atoms with Crippen molar-refractivity contribution in [2.24, 2.45) is 0 Å². The predicted octanol–water partition coefficient (Wildman–Crippen LogP) is 5.18. The van der Waals surface area contributed by atoms with Gasteiger partial charge >= 0.3 is 0 Å². The number of halogens is 1. The van der Waals surface area contributed by atoms with Gasteiger partial charge in [-0.1, -0.05) is 72.5 Å². The molecule has 120 valence electrons. The molecule has 1 fully saturated rings. The van der Waals surface area contributed by atoms with Crippen molar-refractivity contribution in [2.45, 2.75) is 6.92 Å². The Morgan fingerprint density at radius 2 is 1.79 bits per heavy atom. The number of allylic oxidation sites excluding steroid dienone is 2. The lowest BCUT2D eigenvalue weighted by atomic mass is 10.1. The fourth-order valence-corrected chi connectivity index (χ4v) is 3.70. The zero-order valence-corrected chi connectivity index (χ0v) is 14.5. The zero-order chi connectivity index (χ0) is 17.1. The van der Waals surface area contributed by atoms with Gasteiger partial charge in [-0.25, -0.2) is 4.39 Å². The summed E-state index contributed by atoms with van der Waals surface area (Å²) >= 11 is 6.45. The molecule has 0 bridgehead atoms. The smallest absolute Gasteiger partial charge is 0.268 e. The molecular weight excluding hydrogens is 341 g/mol. The standard InChI is InChI=1S/C19H14FNOS2/c1-13(11-14-7-3-2-4-8-14)12-17-18(22)21(19(23)24-17)16-10-6-5-9-15(16)20/h2-12H,1H3/b13-11+,17-12-. The third-order valence-electron chi connectivity index (χ3n) is 3.44. The SMILES string of the molecule is CC(/C=C1\SC(=S)N(c2ccccc2F)C1=O)=C\c1ccccc1. The van der Waals surface area contributed by atoms with Crippen LogP contribution in [0.15, 0.2) is 71.2 Å². The average molecular weight is 355 g/mol. The average Bonchev–Trinajstić information content (AvgIpc) is 2.83.